The molecule has 0 unspecified atom stereocenters. The smallest absolute Gasteiger partial charge is 0.306 e. The second-order valence-corrected chi connectivity index (χ2v) is 21.7. The quantitative estimate of drug-likeness (QED) is 0.0261. The van der Waals surface area contributed by atoms with Gasteiger partial charge >= 0.3 is 17.9 Å². The largest absolute Gasteiger partial charge is 0.462 e. The van der Waals surface area contributed by atoms with E-state index in [4.69, 9.17) is 14.2 Å². The lowest BCUT2D eigenvalue weighted by Gasteiger charge is -2.18. The van der Waals surface area contributed by atoms with Gasteiger partial charge in [-0.1, -0.05) is 289 Å². The lowest BCUT2D eigenvalue weighted by molar-refractivity contribution is -0.167. The second kappa shape index (κ2) is 60.4. The normalized spacial score (nSPS) is 12.1. The Kier molecular flexibility index (Phi) is 58.6. The summed E-state index contributed by atoms with van der Waals surface area (Å²) in [6.07, 6.45) is 71.8. The predicted octanol–water partition coefficient (Wildman–Crippen LogP) is 21.4. The molecule has 1 atom stereocenters. The van der Waals surface area contributed by atoms with Crippen LogP contribution in [-0.2, 0) is 28.6 Å². The highest BCUT2D eigenvalue weighted by Crippen LogP contribution is 2.17. The fraction of sp³-hybridized carbons (Fsp3) is 0.892. The van der Waals surface area contributed by atoms with E-state index in [0.717, 1.165) is 57.8 Å². The monoisotopic (exact) mass is 999 g/mol. The fourth-order valence-corrected chi connectivity index (χ4v) is 9.61. The summed E-state index contributed by atoms with van der Waals surface area (Å²) in [4.78, 5) is 38.3. The van der Waals surface area contributed by atoms with Gasteiger partial charge in [0.1, 0.15) is 13.2 Å². The first-order valence-corrected chi connectivity index (χ1v) is 31.8. The molecule has 0 aromatic carbocycles. The van der Waals surface area contributed by atoms with E-state index in [0.29, 0.717) is 19.3 Å². The molecule has 0 aromatic rings. The number of carbonyl (C=O) groups is 3. The van der Waals surface area contributed by atoms with Crippen molar-refractivity contribution >= 4 is 17.9 Å². The van der Waals surface area contributed by atoms with Crippen molar-refractivity contribution in [1.82, 2.24) is 0 Å². The highest BCUT2D eigenvalue weighted by Gasteiger charge is 2.19. The number of carbonyl (C=O) groups excluding carboxylic acids is 3. The summed E-state index contributed by atoms with van der Waals surface area (Å²) in [5, 5.41) is 0. The van der Waals surface area contributed by atoms with Crippen LogP contribution in [0.1, 0.15) is 355 Å². The maximum atomic E-state index is 12.9. The van der Waals surface area contributed by atoms with Gasteiger partial charge in [-0.25, -0.2) is 0 Å². The molecule has 6 heteroatoms. The van der Waals surface area contributed by atoms with Gasteiger partial charge in [0.2, 0.25) is 0 Å². The van der Waals surface area contributed by atoms with Crippen molar-refractivity contribution < 1.29 is 28.6 Å². The van der Waals surface area contributed by atoms with Crippen LogP contribution < -0.4 is 0 Å². The Morgan fingerprint density at radius 1 is 0.268 bits per heavy atom. The molecule has 0 saturated carbocycles. The molecule has 0 saturated heterocycles. The molecule has 71 heavy (non-hydrogen) atoms. The summed E-state index contributed by atoms with van der Waals surface area (Å²) in [6.45, 7) is 6.69. The number of unbranched alkanes of at least 4 members (excludes halogenated alkanes) is 44. The van der Waals surface area contributed by atoms with Gasteiger partial charge < -0.3 is 14.2 Å². The molecule has 418 valence electrons. The maximum absolute atomic E-state index is 12.9. The third-order valence-corrected chi connectivity index (χ3v) is 14.4. The van der Waals surface area contributed by atoms with Gasteiger partial charge in [0.15, 0.2) is 6.10 Å². The van der Waals surface area contributed by atoms with E-state index in [1.54, 1.807) is 0 Å². The predicted molar refractivity (Wildman–Crippen MR) is 307 cm³/mol. The van der Waals surface area contributed by atoms with Crippen LogP contribution in [0.4, 0.5) is 0 Å². The number of esters is 3. The summed E-state index contributed by atoms with van der Waals surface area (Å²) in [7, 11) is 0. The standard InChI is InChI=1S/C65H122O6/c1-4-7-10-13-16-19-22-25-28-30-32-34-37-40-43-46-49-52-55-58-64(67)70-61-62(60-69-63(66)57-54-51-48-45-42-39-36-27-24-21-18-15-12-9-6-3)71-65(68)59-56-53-50-47-44-41-38-35-33-31-29-26-23-20-17-14-11-8-5-2/h21,24,26,29,62H,4-20,22-23,25,27-28,30-61H2,1-3H3/b24-21-,29-26-/t62-/m1/s1. The van der Waals surface area contributed by atoms with E-state index >= 15 is 0 Å². The van der Waals surface area contributed by atoms with Crippen LogP contribution >= 0.6 is 0 Å². The zero-order chi connectivity index (χ0) is 51.4. The van der Waals surface area contributed by atoms with E-state index in [1.807, 2.05) is 0 Å². The molecule has 0 aliphatic rings. The SMILES string of the molecule is CCCCCC/C=C\CCCCCCCCCC(=O)OC[C@H](COC(=O)CCCCCCCCCCCCCCCCCCCCC)OC(=O)CCCCCCCCCCC/C=C\CCCCCCCC. The summed E-state index contributed by atoms with van der Waals surface area (Å²) in [5.74, 6) is -0.849. The third kappa shape index (κ3) is 58.7. The van der Waals surface area contributed by atoms with E-state index in [2.05, 4.69) is 45.1 Å². The Balaban J connectivity index is 4.31. The highest BCUT2D eigenvalue weighted by molar-refractivity contribution is 5.71. The zero-order valence-corrected chi connectivity index (χ0v) is 48.0. The van der Waals surface area contributed by atoms with Crippen LogP contribution in [0.25, 0.3) is 0 Å². The van der Waals surface area contributed by atoms with Gasteiger partial charge in [0.05, 0.1) is 0 Å². The Morgan fingerprint density at radius 3 is 0.718 bits per heavy atom. The second-order valence-electron chi connectivity index (χ2n) is 21.7. The molecule has 0 fully saturated rings. The molecule has 0 bridgehead atoms. The lowest BCUT2D eigenvalue weighted by Crippen LogP contribution is -2.30. The summed E-state index contributed by atoms with van der Waals surface area (Å²) in [5.41, 5.74) is 0. The van der Waals surface area contributed by atoms with Crippen molar-refractivity contribution in [3.05, 3.63) is 24.3 Å². The minimum Gasteiger partial charge on any atom is -0.462 e. The van der Waals surface area contributed by atoms with E-state index in [1.165, 1.54) is 257 Å². The average molecular weight is 1000 g/mol. The number of ether oxygens (including phenoxy) is 3. The highest BCUT2D eigenvalue weighted by atomic mass is 16.6. The van der Waals surface area contributed by atoms with Gasteiger partial charge in [-0.15, -0.1) is 0 Å². The van der Waals surface area contributed by atoms with Crippen LogP contribution in [0.2, 0.25) is 0 Å². The van der Waals surface area contributed by atoms with Crippen LogP contribution in [0.15, 0.2) is 24.3 Å². The number of allylic oxidation sites excluding steroid dienone is 4. The molecule has 0 amide bonds. The fourth-order valence-electron chi connectivity index (χ4n) is 9.61. The molecule has 6 nitrogen and oxygen atoms in total. The molecular weight excluding hydrogens is 877 g/mol. The van der Waals surface area contributed by atoms with E-state index < -0.39 is 6.10 Å². The molecule has 0 radical (unpaired) electrons. The average Bonchev–Trinajstić information content (AvgIpc) is 3.37. The zero-order valence-electron chi connectivity index (χ0n) is 48.0. The van der Waals surface area contributed by atoms with E-state index in [-0.39, 0.29) is 31.1 Å². The number of hydrogen-bond donors (Lipinski definition) is 0. The van der Waals surface area contributed by atoms with Crippen LogP contribution in [0, 0.1) is 0 Å². The van der Waals surface area contributed by atoms with E-state index in [9.17, 15) is 14.4 Å². The van der Waals surface area contributed by atoms with Crippen LogP contribution in [0.3, 0.4) is 0 Å². The summed E-state index contributed by atoms with van der Waals surface area (Å²) >= 11 is 0. The Morgan fingerprint density at radius 2 is 0.465 bits per heavy atom. The number of rotatable bonds is 59. The molecule has 0 spiro atoms. The summed E-state index contributed by atoms with van der Waals surface area (Å²) < 4.78 is 16.9. The molecule has 0 heterocycles. The number of hydrogen-bond acceptors (Lipinski definition) is 6. The van der Waals surface area contributed by atoms with Crippen molar-refractivity contribution in [3.8, 4) is 0 Å². The first kappa shape index (κ1) is 68.9. The first-order valence-electron chi connectivity index (χ1n) is 31.8. The van der Waals surface area contributed by atoms with Crippen LogP contribution in [-0.4, -0.2) is 37.2 Å². The van der Waals surface area contributed by atoms with Crippen molar-refractivity contribution in [2.24, 2.45) is 0 Å². The van der Waals surface area contributed by atoms with Crippen molar-refractivity contribution in [2.75, 3.05) is 13.2 Å². The van der Waals surface area contributed by atoms with Crippen LogP contribution in [0.5, 0.6) is 0 Å². The third-order valence-electron chi connectivity index (χ3n) is 14.4. The van der Waals surface area contributed by atoms with Gasteiger partial charge in [0, 0.05) is 19.3 Å². The molecule has 0 rings (SSSR count). The summed E-state index contributed by atoms with van der Waals surface area (Å²) in [6, 6.07) is 0. The van der Waals surface area contributed by atoms with Gasteiger partial charge in [-0.2, -0.15) is 0 Å². The van der Waals surface area contributed by atoms with Crippen molar-refractivity contribution in [1.29, 1.82) is 0 Å². The molecule has 0 aliphatic carbocycles. The van der Waals surface area contributed by atoms with Crippen molar-refractivity contribution in [2.45, 2.75) is 361 Å². The molecule has 0 aliphatic heterocycles. The Labute approximate surface area is 443 Å². The van der Waals surface area contributed by atoms with Gasteiger partial charge in [-0.3, -0.25) is 14.4 Å². The topological polar surface area (TPSA) is 78.9 Å². The first-order chi connectivity index (χ1) is 35.0. The Bertz CT molecular complexity index is 1150. The van der Waals surface area contributed by atoms with Gasteiger partial charge in [0.25, 0.3) is 0 Å². The minimum atomic E-state index is -0.771. The van der Waals surface area contributed by atoms with Gasteiger partial charge in [-0.05, 0) is 70.6 Å². The maximum Gasteiger partial charge on any atom is 0.306 e. The molecule has 0 aromatic heterocycles. The molecular formula is C65H122O6. The Hall–Kier alpha value is -2.11. The minimum absolute atomic E-state index is 0.0682. The van der Waals surface area contributed by atoms with Crippen molar-refractivity contribution in [3.63, 3.8) is 0 Å². The lowest BCUT2D eigenvalue weighted by atomic mass is 10.0. The molecule has 0 N–H and O–H groups in total.